The van der Waals surface area contributed by atoms with E-state index in [1.807, 2.05) is 6.92 Å². The zero-order valence-electron chi connectivity index (χ0n) is 29.4. The Labute approximate surface area is 298 Å². The maximum Gasteiger partial charge on any atom is 0.490 e. The molecule has 18 heteroatoms. The number of ether oxygens (including phenoxy) is 5. The van der Waals surface area contributed by atoms with Crippen molar-refractivity contribution in [2.24, 2.45) is 19.8 Å². The Bertz CT molecular complexity index is 2000. The van der Waals surface area contributed by atoms with E-state index in [4.69, 9.17) is 39.3 Å². The van der Waals surface area contributed by atoms with Gasteiger partial charge in [0.25, 0.3) is 10.0 Å². The summed E-state index contributed by atoms with van der Waals surface area (Å²) >= 11 is 0. The Kier molecular flexibility index (Phi) is 14.6. The number of fused-ring (bicyclic) bond motifs is 1. The van der Waals surface area contributed by atoms with Gasteiger partial charge in [-0.25, -0.2) is 18.0 Å². The molecule has 0 saturated heterocycles. The molecule has 0 aliphatic carbocycles. The van der Waals surface area contributed by atoms with Gasteiger partial charge in [-0.3, -0.25) is 13.9 Å². The number of carbonyl (C=O) groups is 1. The quantitative estimate of drug-likeness (QED) is 0.111. The number of aromatic nitrogens is 2. The number of aryl methyl sites for hydroxylation is 2. The Balaban J connectivity index is 0.000000944. The summed E-state index contributed by atoms with van der Waals surface area (Å²) < 4.78 is 93.3. The minimum atomic E-state index is -5.08. The molecule has 0 aliphatic rings. The lowest BCUT2D eigenvalue weighted by Crippen LogP contribution is -2.21. The summed E-state index contributed by atoms with van der Waals surface area (Å²) in [5, 5.41) is 7.12. The Morgan fingerprint density at radius 2 is 1.38 bits per heavy atom. The van der Waals surface area contributed by atoms with Crippen molar-refractivity contribution in [2.75, 3.05) is 38.7 Å². The molecule has 4 N–H and O–H groups in total. The minimum absolute atomic E-state index is 0.0507. The molecule has 286 valence electrons. The van der Waals surface area contributed by atoms with Crippen LogP contribution in [-0.4, -0.2) is 68.8 Å². The van der Waals surface area contributed by atoms with Crippen LogP contribution in [0.15, 0.2) is 58.2 Å². The molecule has 0 saturated carbocycles. The van der Waals surface area contributed by atoms with E-state index in [1.54, 1.807) is 44.4 Å². The van der Waals surface area contributed by atoms with Gasteiger partial charge in [0, 0.05) is 44.4 Å². The monoisotopic (exact) mass is 756 g/mol. The number of nitrogens with one attached hydrogen (secondary N) is 1. The second kappa shape index (κ2) is 18.4. The van der Waals surface area contributed by atoms with Gasteiger partial charge >= 0.3 is 17.8 Å². The van der Waals surface area contributed by atoms with Gasteiger partial charge in [0.05, 0.1) is 49.0 Å². The summed E-state index contributed by atoms with van der Waals surface area (Å²) in [6.45, 7) is 3.69. The number of halogens is 3. The fourth-order valence-electron chi connectivity index (χ4n) is 4.79. The van der Waals surface area contributed by atoms with E-state index < -0.39 is 22.2 Å². The maximum absolute atomic E-state index is 13.6. The van der Waals surface area contributed by atoms with Crippen LogP contribution in [0.2, 0.25) is 0 Å². The highest BCUT2D eigenvalue weighted by atomic mass is 32.2. The first kappa shape index (κ1) is 41.3. The van der Waals surface area contributed by atoms with Gasteiger partial charge in [-0.1, -0.05) is 19.8 Å². The molecule has 0 atom stereocenters. The van der Waals surface area contributed by atoms with Crippen molar-refractivity contribution in [3.05, 3.63) is 59.0 Å². The smallest absolute Gasteiger partial charge is 0.490 e. The largest absolute Gasteiger partial charge is 0.493 e. The first-order chi connectivity index (χ1) is 24.6. The van der Waals surface area contributed by atoms with E-state index in [2.05, 4.69) is 4.72 Å². The number of hydrogen-bond acceptors (Lipinski definition) is 10. The van der Waals surface area contributed by atoms with E-state index in [1.165, 1.54) is 41.6 Å². The first-order valence-electron chi connectivity index (χ1n) is 16.1. The fourth-order valence-corrected chi connectivity index (χ4v) is 5.86. The number of imidazole rings is 1. The van der Waals surface area contributed by atoms with Gasteiger partial charge in [0.15, 0.2) is 17.2 Å². The normalized spacial score (nSPS) is 11.4. The molecule has 0 spiro atoms. The van der Waals surface area contributed by atoms with Crippen LogP contribution in [-0.2, 0) is 28.9 Å². The van der Waals surface area contributed by atoms with Crippen LogP contribution < -0.4 is 39.8 Å². The average molecular weight is 757 g/mol. The van der Waals surface area contributed by atoms with Gasteiger partial charge in [0.1, 0.15) is 17.2 Å². The number of methoxy groups -OCH3 is 2. The van der Waals surface area contributed by atoms with Crippen molar-refractivity contribution in [2.45, 2.75) is 50.1 Å². The van der Waals surface area contributed by atoms with Crippen LogP contribution in [0, 0.1) is 0 Å². The molecule has 3 aromatic carbocycles. The molecular formula is C34H43F3N4O10S. The summed E-state index contributed by atoms with van der Waals surface area (Å²) in [4.78, 5) is 21.6. The third-order valence-electron chi connectivity index (χ3n) is 7.45. The van der Waals surface area contributed by atoms with Gasteiger partial charge in [-0.2, -0.15) is 13.2 Å². The zero-order chi connectivity index (χ0) is 38.6. The molecule has 4 rings (SSSR count). The summed E-state index contributed by atoms with van der Waals surface area (Å²) in [7, 11) is 2.01. The van der Waals surface area contributed by atoms with Gasteiger partial charge in [-0.15, -0.1) is 0 Å². The maximum atomic E-state index is 13.6. The number of carboxylic acid groups (broad SMARTS) is 1. The summed E-state index contributed by atoms with van der Waals surface area (Å²) in [5.74, 6) is -0.464. The third-order valence-corrected chi connectivity index (χ3v) is 8.81. The number of hydrogen-bond donors (Lipinski definition) is 3. The molecule has 1 aromatic heterocycles. The lowest BCUT2D eigenvalue weighted by Gasteiger charge is -2.17. The number of nitrogens with zero attached hydrogens (tertiary/aromatic N) is 2. The fraction of sp³-hybridized carbons (Fsp3) is 0.412. The molecule has 0 unspecified atom stereocenters. The van der Waals surface area contributed by atoms with Crippen LogP contribution in [0.5, 0.6) is 34.5 Å². The second-order valence-corrected chi connectivity index (χ2v) is 13.0. The van der Waals surface area contributed by atoms with E-state index in [0.717, 1.165) is 32.1 Å². The number of carboxylic acids is 1. The van der Waals surface area contributed by atoms with E-state index in [0.29, 0.717) is 53.8 Å². The second-order valence-electron chi connectivity index (χ2n) is 11.3. The standard InChI is InChI=1S/C32H42N4O8S.C2HF3O2/c1-6-14-42-22-16-23(43-15-10-8-7-9-13-33)18-24(17-22)44-30-21-28-27(35(2)32(37)36(28)3)20-26(30)34-45(38,39)25-11-12-29(40-4)31(19-25)41-5;3-2(4,5)1(6)7/h11-12,16-21,34H,6-10,13-15,33H2,1-5H3;(H,6,7). The molecule has 0 amide bonds. The Morgan fingerprint density at radius 3 is 1.94 bits per heavy atom. The van der Waals surface area contributed by atoms with Crippen LogP contribution in [0.3, 0.4) is 0 Å². The molecule has 0 bridgehead atoms. The predicted octanol–water partition coefficient (Wildman–Crippen LogP) is 5.81. The molecule has 52 heavy (non-hydrogen) atoms. The lowest BCUT2D eigenvalue weighted by molar-refractivity contribution is -0.192. The van der Waals surface area contributed by atoms with Crippen molar-refractivity contribution in [3.63, 3.8) is 0 Å². The minimum Gasteiger partial charge on any atom is -0.493 e. The molecule has 0 fully saturated rings. The molecule has 0 radical (unpaired) electrons. The van der Waals surface area contributed by atoms with Gasteiger partial charge in [0.2, 0.25) is 0 Å². The number of sulfonamides is 1. The SMILES string of the molecule is CCCOc1cc(OCCCCCCN)cc(Oc2cc3c(cc2NS(=O)(=O)c2ccc(OC)c(OC)c2)n(C)c(=O)n3C)c1.O=C(O)C(F)(F)F. The highest BCUT2D eigenvalue weighted by molar-refractivity contribution is 7.92. The van der Waals surface area contributed by atoms with Crippen molar-refractivity contribution in [1.29, 1.82) is 0 Å². The number of alkyl halides is 3. The summed E-state index contributed by atoms with van der Waals surface area (Å²) in [6.07, 6.45) is -0.375. The molecular weight excluding hydrogens is 713 g/mol. The third kappa shape index (κ3) is 10.9. The number of rotatable bonds is 17. The topological polar surface area (TPSA) is 183 Å². The van der Waals surface area contributed by atoms with Crippen LogP contribution in [0.4, 0.5) is 18.9 Å². The molecule has 14 nitrogen and oxygen atoms in total. The van der Waals surface area contributed by atoms with Crippen LogP contribution in [0.1, 0.15) is 39.0 Å². The van der Waals surface area contributed by atoms with E-state index in [9.17, 15) is 26.4 Å². The Hall–Kier alpha value is -5.10. The summed E-state index contributed by atoms with van der Waals surface area (Å²) in [5.41, 5.74) is 6.51. The zero-order valence-corrected chi connectivity index (χ0v) is 30.2. The number of unbranched alkanes of at least 4 members (excludes halogenated alkanes) is 3. The number of nitrogens with two attached hydrogens (primary N) is 1. The first-order valence-corrected chi connectivity index (χ1v) is 17.6. The van der Waals surface area contributed by atoms with Gasteiger partial charge in [-0.05, 0) is 44.0 Å². The predicted molar refractivity (Wildman–Crippen MR) is 188 cm³/mol. The molecule has 0 aliphatic heterocycles. The highest BCUT2D eigenvalue weighted by Gasteiger charge is 2.38. The summed E-state index contributed by atoms with van der Waals surface area (Å²) in [6, 6.07) is 12.7. The number of aliphatic carboxylic acids is 1. The highest BCUT2D eigenvalue weighted by Crippen LogP contribution is 2.38. The number of benzene rings is 3. The van der Waals surface area contributed by atoms with Crippen LogP contribution >= 0.6 is 0 Å². The number of anilines is 1. The van der Waals surface area contributed by atoms with E-state index >= 15 is 0 Å². The van der Waals surface area contributed by atoms with Crippen molar-refractivity contribution in [1.82, 2.24) is 9.13 Å². The van der Waals surface area contributed by atoms with Crippen molar-refractivity contribution < 1.29 is 55.2 Å². The van der Waals surface area contributed by atoms with Crippen molar-refractivity contribution in [3.8, 4) is 34.5 Å². The van der Waals surface area contributed by atoms with E-state index in [-0.39, 0.29) is 27.8 Å². The van der Waals surface area contributed by atoms with Gasteiger partial charge < -0.3 is 34.5 Å². The molecule has 1 heterocycles. The van der Waals surface area contributed by atoms with Crippen LogP contribution in [0.25, 0.3) is 11.0 Å². The van der Waals surface area contributed by atoms with Crippen molar-refractivity contribution >= 4 is 32.7 Å². The Morgan fingerprint density at radius 1 is 0.827 bits per heavy atom. The average Bonchev–Trinajstić information content (AvgIpc) is 3.30. The lowest BCUT2D eigenvalue weighted by atomic mass is 10.2. The molecule has 4 aromatic rings.